The Kier molecular flexibility index (Phi) is 12.9. The number of rotatable bonds is 16. The highest BCUT2D eigenvalue weighted by Gasteiger charge is 2.48. The molecule has 0 fully saturated rings. The maximum absolute atomic E-state index is 13.1. The van der Waals surface area contributed by atoms with Crippen LogP contribution in [0.2, 0.25) is 0 Å². The second-order valence-corrected chi connectivity index (χ2v) is 14.3. The zero-order valence-corrected chi connectivity index (χ0v) is 23.1. The fraction of sp³-hybridized carbons (Fsp3) is 0.684. The summed E-state index contributed by atoms with van der Waals surface area (Å²) in [6.07, 6.45) is -1.69. The van der Waals surface area contributed by atoms with Crippen LogP contribution in [-0.2, 0) is 52.0 Å². The number of aliphatic hydroxyl groups excluding tert-OH is 2. The average Bonchev–Trinajstić information content (AvgIpc) is 3.30. The van der Waals surface area contributed by atoms with Crippen molar-refractivity contribution in [2.24, 2.45) is 11.7 Å². The van der Waals surface area contributed by atoms with Crippen molar-refractivity contribution < 1.29 is 49.8 Å². The molecule has 0 aliphatic rings. The summed E-state index contributed by atoms with van der Waals surface area (Å²) < 4.78 is 74.5. The van der Waals surface area contributed by atoms with E-state index < -0.39 is 103 Å². The van der Waals surface area contributed by atoms with Crippen LogP contribution in [0.5, 0.6) is 0 Å². The predicted octanol–water partition coefficient (Wildman–Crippen LogP) is -2.62. The van der Waals surface area contributed by atoms with Crippen LogP contribution in [0, 0.1) is 5.92 Å². The van der Waals surface area contributed by atoms with Crippen LogP contribution in [0.25, 0.3) is 0 Å². The van der Waals surface area contributed by atoms with E-state index in [4.69, 9.17) is 20.7 Å². The summed E-state index contributed by atoms with van der Waals surface area (Å²) in [7, 11) is -11.2. The molecule has 0 radical (unpaired) electrons. The lowest BCUT2D eigenvalue weighted by Gasteiger charge is -2.32. The molecule has 36 heavy (non-hydrogen) atoms. The van der Waals surface area contributed by atoms with Gasteiger partial charge in [0.1, 0.15) is 22.0 Å². The molecule has 0 saturated heterocycles. The molecule has 0 aliphatic carbocycles. The number of thiol groups is 2. The van der Waals surface area contributed by atoms with Crippen LogP contribution >= 0.6 is 11.3 Å². The number of thiophene rings is 1. The number of amides is 1. The Morgan fingerprint density at radius 2 is 1.78 bits per heavy atom. The summed E-state index contributed by atoms with van der Waals surface area (Å²) in [5, 5.41) is 23.8. The summed E-state index contributed by atoms with van der Waals surface area (Å²) >= 11 is 1.29. The molecule has 1 amide bonds. The molecule has 1 heterocycles. The molecule has 0 aromatic carbocycles. The monoisotopic (exact) mass is 592 g/mol. The Labute approximate surface area is 216 Å². The number of carbonyl (C=O) groups excluding carboxylic acids is 2. The van der Waals surface area contributed by atoms with Crippen molar-refractivity contribution in [1.82, 2.24) is 5.32 Å². The molecular weight excluding hydrogens is 560 g/mol. The van der Waals surface area contributed by atoms with Gasteiger partial charge in [0.25, 0.3) is 0 Å². The fourth-order valence-electron chi connectivity index (χ4n) is 3.31. The molecule has 1 aromatic heterocycles. The molecule has 3 atom stereocenters. The van der Waals surface area contributed by atoms with Crippen LogP contribution in [0.3, 0.4) is 0 Å². The molecule has 0 saturated carbocycles. The van der Waals surface area contributed by atoms with E-state index in [0.717, 1.165) is 6.26 Å². The molecule has 17 heteroatoms. The van der Waals surface area contributed by atoms with Crippen molar-refractivity contribution in [3.8, 4) is 0 Å². The first kappa shape index (κ1) is 32.4. The molecule has 208 valence electrons. The van der Waals surface area contributed by atoms with Crippen LogP contribution in [-0.4, -0.2) is 94.8 Å². The minimum Gasteiger partial charge on any atom is -0.456 e. The first-order valence-electron chi connectivity index (χ1n) is 10.6. The summed E-state index contributed by atoms with van der Waals surface area (Å²) in [6, 6.07) is -1.29. The molecule has 0 aliphatic heterocycles. The van der Waals surface area contributed by atoms with Crippen LogP contribution in [0.1, 0.15) is 25.3 Å². The smallest absolute Gasteiger partial charge is 0.328 e. The Morgan fingerprint density at radius 3 is 2.22 bits per heavy atom. The van der Waals surface area contributed by atoms with Gasteiger partial charge in [-0.15, -0.1) is 0 Å². The number of esters is 1. The third-order valence-electron chi connectivity index (χ3n) is 5.41. The Morgan fingerprint density at radius 1 is 1.19 bits per heavy atom. The maximum Gasteiger partial charge on any atom is 0.328 e. The van der Waals surface area contributed by atoms with Crippen LogP contribution in [0.15, 0.2) is 16.8 Å². The lowest BCUT2D eigenvalue weighted by molar-refractivity contribution is -0.156. The van der Waals surface area contributed by atoms with Gasteiger partial charge >= 0.3 is 5.97 Å². The molecule has 5 N–H and O–H groups in total. The molecule has 0 spiro atoms. The number of nitrogens with one attached hydrogen (secondary N) is 1. The second-order valence-electron chi connectivity index (χ2n) is 8.31. The third-order valence-corrected chi connectivity index (χ3v) is 10.4. The molecule has 1 aromatic rings. The minimum absolute atomic E-state index is 0.0973. The first-order chi connectivity index (χ1) is 16.7. The lowest BCUT2D eigenvalue weighted by Crippen LogP contribution is -2.54. The van der Waals surface area contributed by atoms with Crippen molar-refractivity contribution in [2.45, 2.75) is 48.5 Å². The summed E-state index contributed by atoms with van der Waals surface area (Å²) in [5.41, 5.74) is 6.53. The maximum atomic E-state index is 13.1. The fourth-order valence-corrected chi connectivity index (χ4v) is 6.75. The lowest BCUT2D eigenvalue weighted by atomic mass is 9.91. The van der Waals surface area contributed by atoms with Gasteiger partial charge in [0.05, 0.1) is 19.0 Å². The van der Waals surface area contributed by atoms with Gasteiger partial charge in [0.15, 0.2) is 25.5 Å². The van der Waals surface area contributed by atoms with Crippen molar-refractivity contribution in [3.63, 3.8) is 0 Å². The predicted molar refractivity (Wildman–Crippen MR) is 133 cm³/mol. The quantitative estimate of drug-likeness (QED) is 0.0857. The molecular formula is C19H32N2O11S4. The summed E-state index contributed by atoms with van der Waals surface area (Å²) in [4.78, 5) is 25.3. The van der Waals surface area contributed by atoms with E-state index in [-0.39, 0.29) is 6.42 Å². The van der Waals surface area contributed by atoms with Gasteiger partial charge in [-0.05, 0) is 48.6 Å². The van der Waals surface area contributed by atoms with Crippen molar-refractivity contribution >= 4 is 54.5 Å². The number of ether oxygens (including phenoxy) is 1. The molecule has 13 nitrogen and oxygen atoms in total. The highest BCUT2D eigenvalue weighted by molar-refractivity contribution is 7.93. The minimum atomic E-state index is -3.78. The number of hydrogen-bond donors (Lipinski definition) is 6. The normalized spacial score (nSPS) is 15.1. The van der Waals surface area contributed by atoms with E-state index in [9.17, 15) is 34.8 Å². The van der Waals surface area contributed by atoms with Gasteiger partial charge in [0, 0.05) is 18.2 Å². The van der Waals surface area contributed by atoms with Gasteiger partial charge in [-0.25, -0.2) is 30.0 Å². The molecule has 1 rings (SSSR count). The van der Waals surface area contributed by atoms with Gasteiger partial charge in [-0.3, -0.25) is 4.79 Å². The van der Waals surface area contributed by atoms with E-state index >= 15 is 0 Å². The van der Waals surface area contributed by atoms with Gasteiger partial charge in [-0.2, -0.15) is 11.3 Å². The zero-order valence-electron chi connectivity index (χ0n) is 19.6. The van der Waals surface area contributed by atoms with E-state index in [1.807, 2.05) is 0 Å². The van der Waals surface area contributed by atoms with E-state index in [2.05, 4.69) is 5.32 Å². The number of hydrogen-bond acceptors (Lipinski definition) is 13. The Hall–Kier alpha value is -1.63. The number of nitrogens with two attached hydrogens (primary N) is 1. The van der Waals surface area contributed by atoms with E-state index in [1.165, 1.54) is 18.3 Å². The SMILES string of the molecule is CC(NC(=O)C(Cc1ccsc1)CC(C(N)CCS(C)(=O)=O)([SH](=O)=O)[SH](=O)=O)C(=O)OC(CO)CO. The van der Waals surface area contributed by atoms with Gasteiger partial charge < -0.3 is 26.0 Å². The average molecular weight is 593 g/mol. The van der Waals surface area contributed by atoms with Crippen molar-refractivity contribution in [2.75, 3.05) is 25.2 Å². The van der Waals surface area contributed by atoms with E-state index in [1.54, 1.807) is 16.8 Å². The number of aliphatic hydroxyl groups is 2. The largest absolute Gasteiger partial charge is 0.456 e. The zero-order chi connectivity index (χ0) is 27.7. The number of sulfone groups is 1. The van der Waals surface area contributed by atoms with E-state index in [0.29, 0.717) is 5.56 Å². The van der Waals surface area contributed by atoms with Crippen molar-refractivity contribution in [1.29, 1.82) is 0 Å². The topological polar surface area (TPSA) is 224 Å². The van der Waals surface area contributed by atoms with Gasteiger partial charge in [-0.1, -0.05) is 0 Å². The van der Waals surface area contributed by atoms with Crippen LogP contribution in [0.4, 0.5) is 0 Å². The second kappa shape index (κ2) is 14.3. The first-order valence-corrected chi connectivity index (χ1v) is 16.0. The highest BCUT2D eigenvalue weighted by atomic mass is 32.2. The standard InChI is InChI=1S/C19H32N2O11S4/c1-12(18(25)32-15(9-22)10-23)21-17(24)14(7-13-3-5-33-11-13)8-19(34(26)27,35(28)29)16(20)4-6-36(2,30)31/h3,5,11-12,14-16,22-23,34-35H,4,6-10,20H2,1-2H3,(H,21,24). The number of carbonyl (C=O) groups is 2. The summed E-state index contributed by atoms with van der Waals surface area (Å²) in [6.45, 7) is -0.0731. The third kappa shape index (κ3) is 9.35. The molecule has 3 unspecified atom stereocenters. The molecule has 0 bridgehead atoms. The Balaban J connectivity index is 3.30. The van der Waals surface area contributed by atoms with Gasteiger partial charge in [0.2, 0.25) is 5.91 Å². The van der Waals surface area contributed by atoms with Crippen molar-refractivity contribution in [3.05, 3.63) is 22.4 Å². The highest BCUT2D eigenvalue weighted by Crippen LogP contribution is 2.30. The Bertz CT molecular complexity index is 1090. The summed E-state index contributed by atoms with van der Waals surface area (Å²) in [5.74, 6) is -3.73. The van der Waals surface area contributed by atoms with Crippen LogP contribution < -0.4 is 11.1 Å².